The lowest BCUT2D eigenvalue weighted by molar-refractivity contribution is -0.725. The van der Waals surface area contributed by atoms with Crippen LogP contribution in [-0.4, -0.2) is 18.7 Å². The third-order valence-electron chi connectivity index (χ3n) is 3.05. The molecule has 1 heterocycles. The van der Waals surface area contributed by atoms with Gasteiger partial charge in [0, 0.05) is 5.56 Å². The monoisotopic (exact) mass is 278 g/mol. The number of benzene rings is 1. The maximum Gasteiger partial charge on any atom is 0.217 e. The van der Waals surface area contributed by atoms with E-state index in [1.807, 2.05) is 30.5 Å². The van der Waals surface area contributed by atoms with Gasteiger partial charge >= 0.3 is 0 Å². The molecular formula is C15H19ClN2O. The van der Waals surface area contributed by atoms with Gasteiger partial charge in [0.2, 0.25) is 5.78 Å². The number of carbonyl (C=O) groups is 1. The van der Waals surface area contributed by atoms with E-state index >= 15 is 0 Å². The standard InChI is InChI=1S/C15H18N2O.ClH/c1-15(2,3)13-6-4-12(5-7-13)14(18)10-17-9-8-16-11-17;/h4-9,11H,10H2,1-3H3;1H. The van der Waals surface area contributed by atoms with Crippen LogP contribution < -0.4 is 17.3 Å². The van der Waals surface area contributed by atoms with Crippen LogP contribution in [0.2, 0.25) is 0 Å². The van der Waals surface area contributed by atoms with Crippen molar-refractivity contribution in [2.75, 3.05) is 6.54 Å². The van der Waals surface area contributed by atoms with Gasteiger partial charge < -0.3 is 12.4 Å². The minimum atomic E-state index is 0. The van der Waals surface area contributed by atoms with Crippen molar-refractivity contribution in [3.05, 3.63) is 47.8 Å². The zero-order valence-electron chi connectivity index (χ0n) is 11.5. The highest BCUT2D eigenvalue weighted by Gasteiger charge is 2.17. The van der Waals surface area contributed by atoms with Gasteiger partial charge in [-0.1, -0.05) is 45.0 Å². The van der Waals surface area contributed by atoms with Crippen LogP contribution in [0.15, 0.2) is 41.7 Å². The molecule has 19 heavy (non-hydrogen) atoms. The summed E-state index contributed by atoms with van der Waals surface area (Å²) in [5.41, 5.74) is 2.13. The van der Waals surface area contributed by atoms with Crippen LogP contribution in [0.3, 0.4) is 0 Å². The number of aliphatic imine (C=N–C) groups is 1. The van der Waals surface area contributed by atoms with Crippen LogP contribution in [0, 0.1) is 0 Å². The van der Waals surface area contributed by atoms with E-state index in [4.69, 9.17) is 0 Å². The molecule has 0 amide bonds. The molecule has 0 saturated carbocycles. The van der Waals surface area contributed by atoms with Gasteiger partial charge in [-0.2, -0.15) is 0 Å². The molecule has 0 aliphatic carbocycles. The van der Waals surface area contributed by atoms with Crippen molar-refractivity contribution in [3.8, 4) is 0 Å². The molecule has 1 aliphatic rings. The Bertz CT molecular complexity index is 486. The van der Waals surface area contributed by atoms with Crippen molar-refractivity contribution < 1.29 is 22.1 Å². The van der Waals surface area contributed by atoms with Gasteiger partial charge in [0.15, 0.2) is 12.9 Å². The van der Waals surface area contributed by atoms with Gasteiger partial charge in [0.1, 0.15) is 6.20 Å². The highest BCUT2D eigenvalue weighted by Crippen LogP contribution is 2.22. The van der Waals surface area contributed by atoms with Crippen LogP contribution in [0.5, 0.6) is 0 Å². The van der Waals surface area contributed by atoms with Crippen molar-refractivity contribution in [2.45, 2.75) is 26.2 Å². The molecule has 1 N–H and O–H groups in total. The van der Waals surface area contributed by atoms with E-state index in [0.29, 0.717) is 6.54 Å². The molecule has 1 aromatic rings. The molecule has 102 valence electrons. The number of halogens is 1. The van der Waals surface area contributed by atoms with E-state index in [2.05, 4.69) is 25.8 Å². The summed E-state index contributed by atoms with van der Waals surface area (Å²) in [6.07, 6.45) is 5.33. The van der Waals surface area contributed by atoms with Gasteiger partial charge in [0.25, 0.3) is 0 Å². The molecule has 1 aliphatic heterocycles. The first kappa shape index (κ1) is 15.6. The average Bonchev–Trinajstić information content (AvgIpc) is 2.81. The first-order valence-corrected chi connectivity index (χ1v) is 6.16. The molecule has 3 nitrogen and oxygen atoms in total. The second-order valence-electron chi connectivity index (χ2n) is 5.60. The van der Waals surface area contributed by atoms with Crippen molar-refractivity contribution in [1.29, 1.82) is 0 Å². The van der Waals surface area contributed by atoms with Crippen LogP contribution >= 0.6 is 0 Å². The lowest BCUT2D eigenvalue weighted by Gasteiger charge is -2.19. The molecule has 0 radical (unpaired) electrons. The number of ketones is 1. The van der Waals surface area contributed by atoms with Crippen molar-refractivity contribution >= 4 is 12.1 Å². The van der Waals surface area contributed by atoms with Crippen molar-refractivity contribution in [3.63, 3.8) is 0 Å². The lowest BCUT2D eigenvalue weighted by Crippen LogP contribution is -3.06. The van der Waals surface area contributed by atoms with Crippen molar-refractivity contribution in [2.24, 2.45) is 4.99 Å². The topological polar surface area (TPSA) is 33.9 Å². The summed E-state index contributed by atoms with van der Waals surface area (Å²) < 4.78 is 0. The number of rotatable bonds is 3. The third-order valence-corrected chi connectivity index (χ3v) is 3.05. The van der Waals surface area contributed by atoms with E-state index in [1.165, 1.54) is 5.56 Å². The Morgan fingerprint density at radius 2 is 1.84 bits per heavy atom. The number of nitrogens with zero attached hydrogens (tertiary/aromatic N) is 1. The normalized spacial score (nSPS) is 17.3. The first-order chi connectivity index (χ1) is 8.47. The lowest BCUT2D eigenvalue weighted by atomic mass is 9.86. The molecule has 0 fully saturated rings. The van der Waals surface area contributed by atoms with Gasteiger partial charge in [-0.3, -0.25) is 9.69 Å². The van der Waals surface area contributed by atoms with E-state index < -0.39 is 0 Å². The zero-order valence-corrected chi connectivity index (χ0v) is 12.2. The SMILES string of the molecule is CC(C)(C)c1ccc(C(=O)C[NH+]2C=CN=C2)cc1.[Cl-]. The number of hydrogen-bond donors (Lipinski definition) is 1. The summed E-state index contributed by atoms with van der Waals surface area (Å²) in [6.45, 7) is 6.92. The molecule has 1 atom stereocenters. The fourth-order valence-corrected chi connectivity index (χ4v) is 1.87. The summed E-state index contributed by atoms with van der Waals surface area (Å²) in [4.78, 5) is 17.0. The summed E-state index contributed by atoms with van der Waals surface area (Å²) >= 11 is 0. The maximum absolute atomic E-state index is 12.0. The molecule has 0 spiro atoms. The fraction of sp³-hybridized carbons (Fsp3) is 0.333. The zero-order chi connectivity index (χ0) is 13.2. The van der Waals surface area contributed by atoms with E-state index in [-0.39, 0.29) is 23.6 Å². The van der Waals surface area contributed by atoms with Crippen LogP contribution in [0.4, 0.5) is 0 Å². The van der Waals surface area contributed by atoms with Gasteiger partial charge in [0.05, 0.1) is 6.20 Å². The van der Waals surface area contributed by atoms with Crippen LogP contribution in [0.1, 0.15) is 36.7 Å². The van der Waals surface area contributed by atoms with Gasteiger partial charge in [-0.05, 0) is 11.0 Å². The maximum atomic E-state index is 12.0. The number of hydrogen-bond acceptors (Lipinski definition) is 2. The smallest absolute Gasteiger partial charge is 0.217 e. The first-order valence-electron chi connectivity index (χ1n) is 6.16. The Kier molecular flexibility index (Phi) is 5.04. The Balaban J connectivity index is 0.00000180. The predicted molar refractivity (Wildman–Crippen MR) is 72.9 cm³/mol. The fourth-order valence-electron chi connectivity index (χ4n) is 1.87. The summed E-state index contributed by atoms with van der Waals surface area (Å²) in [5, 5.41) is 0. The third kappa shape index (κ3) is 4.01. The Morgan fingerprint density at radius 3 is 2.32 bits per heavy atom. The largest absolute Gasteiger partial charge is 1.00 e. The minimum Gasteiger partial charge on any atom is -1.00 e. The summed E-state index contributed by atoms with van der Waals surface area (Å²) in [5.74, 6) is 0.142. The second kappa shape index (κ2) is 6.13. The molecule has 4 heteroatoms. The summed E-state index contributed by atoms with van der Waals surface area (Å²) in [7, 11) is 0. The minimum absolute atomic E-state index is 0. The van der Waals surface area contributed by atoms with E-state index in [0.717, 1.165) is 10.5 Å². The Morgan fingerprint density at radius 1 is 1.21 bits per heavy atom. The molecule has 2 rings (SSSR count). The molecule has 0 bridgehead atoms. The van der Waals surface area contributed by atoms with Crippen molar-refractivity contribution in [1.82, 2.24) is 0 Å². The highest BCUT2D eigenvalue weighted by molar-refractivity contribution is 5.97. The van der Waals surface area contributed by atoms with Gasteiger partial charge in [-0.15, -0.1) is 0 Å². The van der Waals surface area contributed by atoms with Crippen LogP contribution in [0.25, 0.3) is 0 Å². The number of quaternary nitrogens is 1. The highest BCUT2D eigenvalue weighted by atomic mass is 35.5. The number of Topliss-reactive ketones (excluding diaryl/α,β-unsaturated/α-hetero) is 1. The molecule has 1 aromatic carbocycles. The Hall–Kier alpha value is -1.45. The molecular weight excluding hydrogens is 260 g/mol. The van der Waals surface area contributed by atoms with E-state index in [9.17, 15) is 4.79 Å². The van der Waals surface area contributed by atoms with Gasteiger partial charge in [-0.25, -0.2) is 4.99 Å². The predicted octanol–water partition coefficient (Wildman–Crippen LogP) is -1.43. The second-order valence-corrected chi connectivity index (χ2v) is 5.60. The molecule has 0 saturated heterocycles. The quantitative estimate of drug-likeness (QED) is 0.676. The molecule has 0 aromatic heterocycles. The molecule has 1 unspecified atom stereocenters. The number of carbonyl (C=O) groups excluding carboxylic acids is 1. The average molecular weight is 279 g/mol. The Labute approximate surface area is 120 Å². The number of nitrogens with one attached hydrogen (secondary N) is 1. The summed E-state index contributed by atoms with van der Waals surface area (Å²) in [6, 6.07) is 7.91. The van der Waals surface area contributed by atoms with Crippen LogP contribution in [-0.2, 0) is 5.41 Å². The van der Waals surface area contributed by atoms with E-state index in [1.54, 1.807) is 12.5 Å².